The monoisotopic (exact) mass is 341 g/mol. The summed E-state index contributed by atoms with van der Waals surface area (Å²) in [6.45, 7) is 8.88. The van der Waals surface area contributed by atoms with Crippen LogP contribution in [0.25, 0.3) is 0 Å². The SMILES string of the molecule is CC1(C)CN(C(=O)c2ccc(Br)cc2O)CC(C)(C)O1. The largest absolute Gasteiger partial charge is 0.507 e. The lowest BCUT2D eigenvalue weighted by Gasteiger charge is -2.47. The lowest BCUT2D eigenvalue weighted by molar-refractivity contribution is -0.171. The highest BCUT2D eigenvalue weighted by Gasteiger charge is 2.40. The van der Waals surface area contributed by atoms with Crippen LogP contribution in [0, 0.1) is 0 Å². The zero-order valence-electron chi connectivity index (χ0n) is 12.2. The first-order chi connectivity index (χ1) is 9.10. The number of ether oxygens (including phenoxy) is 1. The van der Waals surface area contributed by atoms with E-state index in [0.717, 1.165) is 4.47 Å². The summed E-state index contributed by atoms with van der Waals surface area (Å²) in [5, 5.41) is 9.94. The molecule has 0 saturated carbocycles. The van der Waals surface area contributed by atoms with Gasteiger partial charge in [0, 0.05) is 17.6 Å². The number of benzene rings is 1. The third-order valence-electron chi connectivity index (χ3n) is 3.17. The molecule has 1 aliphatic heterocycles. The summed E-state index contributed by atoms with van der Waals surface area (Å²) >= 11 is 3.27. The van der Waals surface area contributed by atoms with Crippen LogP contribution in [0.1, 0.15) is 38.1 Å². The molecule has 1 aliphatic rings. The molecule has 110 valence electrons. The number of amides is 1. The molecule has 1 N–H and O–H groups in total. The fourth-order valence-electron chi connectivity index (χ4n) is 2.79. The molecule has 1 heterocycles. The molecular weight excluding hydrogens is 322 g/mol. The summed E-state index contributed by atoms with van der Waals surface area (Å²) in [7, 11) is 0. The van der Waals surface area contributed by atoms with Crippen LogP contribution in [0.2, 0.25) is 0 Å². The van der Waals surface area contributed by atoms with Gasteiger partial charge in [-0.25, -0.2) is 0 Å². The second kappa shape index (κ2) is 5.04. The average Bonchev–Trinajstić information content (AvgIpc) is 2.23. The Morgan fingerprint density at radius 3 is 2.30 bits per heavy atom. The average molecular weight is 342 g/mol. The van der Waals surface area contributed by atoms with Crippen molar-refractivity contribution in [1.29, 1.82) is 0 Å². The minimum absolute atomic E-state index is 0.00789. The molecule has 0 aromatic heterocycles. The number of phenolic OH excluding ortho intramolecular Hbond substituents is 1. The molecule has 0 bridgehead atoms. The van der Waals surface area contributed by atoms with Crippen LogP contribution in [0.15, 0.2) is 22.7 Å². The van der Waals surface area contributed by atoms with Gasteiger partial charge in [-0.1, -0.05) is 15.9 Å². The number of carbonyl (C=O) groups excluding carboxylic acids is 1. The van der Waals surface area contributed by atoms with Crippen LogP contribution in [0.4, 0.5) is 0 Å². The summed E-state index contributed by atoms with van der Waals surface area (Å²) in [5.41, 5.74) is -0.480. The van der Waals surface area contributed by atoms with E-state index >= 15 is 0 Å². The van der Waals surface area contributed by atoms with Crippen molar-refractivity contribution in [2.24, 2.45) is 0 Å². The number of morpholine rings is 1. The van der Waals surface area contributed by atoms with Crippen molar-refractivity contribution in [3.05, 3.63) is 28.2 Å². The Morgan fingerprint density at radius 2 is 1.80 bits per heavy atom. The maximum atomic E-state index is 12.6. The van der Waals surface area contributed by atoms with Crippen LogP contribution in [0.3, 0.4) is 0 Å². The molecule has 0 aliphatic carbocycles. The van der Waals surface area contributed by atoms with Crippen LogP contribution >= 0.6 is 15.9 Å². The zero-order valence-corrected chi connectivity index (χ0v) is 13.8. The maximum absolute atomic E-state index is 12.6. The summed E-state index contributed by atoms with van der Waals surface area (Å²) in [5.74, 6) is -0.175. The number of phenols is 1. The summed E-state index contributed by atoms with van der Waals surface area (Å²) in [6.07, 6.45) is 0. The lowest BCUT2D eigenvalue weighted by Crippen LogP contribution is -2.58. The van der Waals surface area contributed by atoms with Gasteiger partial charge in [0.15, 0.2) is 0 Å². The Hall–Kier alpha value is -1.07. The molecule has 0 atom stereocenters. The fourth-order valence-corrected chi connectivity index (χ4v) is 3.14. The molecule has 20 heavy (non-hydrogen) atoms. The predicted molar refractivity (Wildman–Crippen MR) is 81.0 cm³/mol. The van der Waals surface area contributed by atoms with Gasteiger partial charge < -0.3 is 14.7 Å². The van der Waals surface area contributed by atoms with Gasteiger partial charge in [-0.3, -0.25) is 4.79 Å². The molecular formula is C15H20BrNO3. The third kappa shape index (κ3) is 3.33. The number of hydrogen-bond donors (Lipinski definition) is 1. The standard InChI is InChI=1S/C15H20BrNO3/c1-14(2)8-17(9-15(3,4)20-14)13(19)11-6-5-10(16)7-12(11)18/h5-7,18H,8-9H2,1-4H3. The minimum atomic E-state index is -0.400. The van der Waals surface area contributed by atoms with Gasteiger partial charge in [-0.15, -0.1) is 0 Å². The lowest BCUT2D eigenvalue weighted by atomic mass is 9.98. The molecule has 0 spiro atoms. The van der Waals surface area contributed by atoms with Gasteiger partial charge in [0.1, 0.15) is 5.75 Å². The van der Waals surface area contributed by atoms with Crippen LogP contribution in [-0.2, 0) is 4.74 Å². The van der Waals surface area contributed by atoms with Gasteiger partial charge in [0.2, 0.25) is 0 Å². The number of nitrogens with zero attached hydrogens (tertiary/aromatic N) is 1. The highest BCUT2D eigenvalue weighted by Crippen LogP contribution is 2.31. The van der Waals surface area contributed by atoms with Crippen molar-refractivity contribution in [1.82, 2.24) is 4.90 Å². The van der Waals surface area contributed by atoms with Gasteiger partial charge in [0.05, 0.1) is 16.8 Å². The molecule has 4 nitrogen and oxygen atoms in total. The molecule has 1 saturated heterocycles. The Labute approximate surface area is 127 Å². The highest BCUT2D eigenvalue weighted by molar-refractivity contribution is 9.10. The van der Waals surface area contributed by atoms with E-state index in [1.807, 2.05) is 27.7 Å². The highest BCUT2D eigenvalue weighted by atomic mass is 79.9. The Kier molecular flexibility index (Phi) is 3.86. The first-order valence-corrected chi connectivity index (χ1v) is 7.37. The second-order valence-corrected chi connectivity index (χ2v) is 7.36. The van der Waals surface area contributed by atoms with Crippen molar-refractivity contribution in [3.8, 4) is 5.75 Å². The Balaban J connectivity index is 2.28. The van der Waals surface area contributed by atoms with Crippen molar-refractivity contribution < 1.29 is 14.6 Å². The molecule has 2 rings (SSSR count). The van der Waals surface area contributed by atoms with Crippen LogP contribution in [0.5, 0.6) is 5.75 Å². The molecule has 5 heteroatoms. The summed E-state index contributed by atoms with van der Waals surface area (Å²) < 4.78 is 6.71. The van der Waals surface area contributed by atoms with E-state index in [2.05, 4.69) is 15.9 Å². The van der Waals surface area contributed by atoms with E-state index in [-0.39, 0.29) is 11.7 Å². The van der Waals surface area contributed by atoms with Gasteiger partial charge in [-0.2, -0.15) is 0 Å². The fraction of sp³-hybridized carbons (Fsp3) is 0.533. The number of aromatic hydroxyl groups is 1. The van der Waals surface area contributed by atoms with Crippen LogP contribution in [-0.4, -0.2) is 40.2 Å². The van der Waals surface area contributed by atoms with Crippen molar-refractivity contribution in [2.45, 2.75) is 38.9 Å². The number of carbonyl (C=O) groups is 1. The maximum Gasteiger partial charge on any atom is 0.257 e. The second-order valence-electron chi connectivity index (χ2n) is 6.44. The van der Waals surface area contributed by atoms with E-state index in [4.69, 9.17) is 4.74 Å². The molecule has 1 fully saturated rings. The van der Waals surface area contributed by atoms with Gasteiger partial charge in [-0.05, 0) is 45.9 Å². The third-order valence-corrected chi connectivity index (χ3v) is 3.67. The van der Waals surface area contributed by atoms with Crippen molar-refractivity contribution in [3.63, 3.8) is 0 Å². The quantitative estimate of drug-likeness (QED) is 0.853. The number of halogens is 1. The van der Waals surface area contributed by atoms with E-state index in [9.17, 15) is 9.90 Å². The summed E-state index contributed by atoms with van der Waals surface area (Å²) in [4.78, 5) is 14.3. The van der Waals surface area contributed by atoms with Gasteiger partial charge in [0.25, 0.3) is 5.91 Å². The van der Waals surface area contributed by atoms with E-state index < -0.39 is 11.2 Å². The first-order valence-electron chi connectivity index (χ1n) is 6.58. The van der Waals surface area contributed by atoms with Crippen molar-refractivity contribution >= 4 is 21.8 Å². The van der Waals surface area contributed by atoms with E-state index in [0.29, 0.717) is 18.7 Å². The molecule has 1 aromatic carbocycles. The smallest absolute Gasteiger partial charge is 0.257 e. The number of rotatable bonds is 1. The van der Waals surface area contributed by atoms with Crippen LogP contribution < -0.4 is 0 Å². The molecule has 0 radical (unpaired) electrons. The molecule has 0 unspecified atom stereocenters. The predicted octanol–water partition coefficient (Wildman–Crippen LogP) is 3.18. The first kappa shape index (κ1) is 15.3. The van der Waals surface area contributed by atoms with E-state index in [1.54, 1.807) is 17.0 Å². The zero-order chi connectivity index (χ0) is 15.1. The van der Waals surface area contributed by atoms with E-state index in [1.165, 1.54) is 6.07 Å². The minimum Gasteiger partial charge on any atom is -0.507 e. The summed E-state index contributed by atoms with van der Waals surface area (Å²) in [6, 6.07) is 4.92. The Morgan fingerprint density at radius 1 is 1.25 bits per heavy atom. The Bertz CT molecular complexity index is 524. The van der Waals surface area contributed by atoms with Gasteiger partial charge >= 0.3 is 0 Å². The molecule has 1 aromatic rings. The topological polar surface area (TPSA) is 49.8 Å². The molecule has 1 amide bonds. The van der Waals surface area contributed by atoms with Crippen molar-refractivity contribution in [2.75, 3.05) is 13.1 Å². The number of hydrogen-bond acceptors (Lipinski definition) is 3. The normalized spacial score (nSPS) is 20.8.